The van der Waals surface area contributed by atoms with E-state index in [1.807, 2.05) is 0 Å². The summed E-state index contributed by atoms with van der Waals surface area (Å²) in [4.78, 5) is 0. The zero-order valence-electron chi connectivity index (χ0n) is 5.12. The fraction of sp³-hybridized carbons (Fsp3) is 1.00. The third-order valence-corrected chi connectivity index (χ3v) is 1.27. The number of nitrogens with zero attached hydrogens (tertiary/aromatic N) is 2. The van der Waals surface area contributed by atoms with Crippen molar-refractivity contribution in [2.24, 2.45) is 5.84 Å². The first-order chi connectivity index (χ1) is 4.30. The molecule has 54 valence electrons. The number of hydrazine groups is 2. The van der Waals surface area contributed by atoms with Crippen LogP contribution in [0.3, 0.4) is 0 Å². The second-order valence-electron chi connectivity index (χ2n) is 1.87. The van der Waals surface area contributed by atoms with E-state index in [0.29, 0.717) is 31.6 Å². The summed E-state index contributed by atoms with van der Waals surface area (Å²) in [6.45, 7) is 2.38. The van der Waals surface area contributed by atoms with Crippen LogP contribution < -0.4 is 5.84 Å². The Hall–Kier alpha value is -0.200. The van der Waals surface area contributed by atoms with Crippen molar-refractivity contribution < 1.29 is 4.74 Å². The molecule has 1 aliphatic heterocycles. The minimum atomic E-state index is 0.364. The van der Waals surface area contributed by atoms with Crippen LogP contribution in [0.2, 0.25) is 0 Å². The lowest BCUT2D eigenvalue weighted by Gasteiger charge is -2.37. The lowest BCUT2D eigenvalue weighted by molar-refractivity contribution is -0.0637. The Morgan fingerprint density at radius 1 is 1.44 bits per heavy atom. The molecule has 0 saturated carbocycles. The molecule has 1 aliphatic rings. The minimum Gasteiger partial charge on any atom is -0.758 e. The van der Waals surface area contributed by atoms with E-state index in [0.717, 1.165) is 0 Å². The maximum absolute atomic E-state index is 10.4. The molecular weight excluding hydrogens is 122 g/mol. The van der Waals surface area contributed by atoms with Gasteiger partial charge in [0.15, 0.2) is 0 Å². The molecule has 0 aromatic carbocycles. The van der Waals surface area contributed by atoms with Crippen LogP contribution in [0.1, 0.15) is 0 Å². The molecule has 0 radical (unpaired) electrons. The van der Waals surface area contributed by atoms with Gasteiger partial charge in [0.1, 0.15) is 0 Å². The molecule has 5 nitrogen and oxygen atoms in total. The number of rotatable bonds is 1. The predicted octanol–water partition coefficient (Wildman–Crippen LogP) is -1.09. The molecule has 0 aromatic rings. The van der Waals surface area contributed by atoms with Gasteiger partial charge >= 0.3 is 0 Å². The second kappa shape index (κ2) is 3.09. The summed E-state index contributed by atoms with van der Waals surface area (Å²) < 4.78 is 4.99. The number of ether oxygens (including phenoxy) is 1. The Morgan fingerprint density at radius 3 is 2.33 bits per heavy atom. The van der Waals surface area contributed by atoms with Crippen molar-refractivity contribution in [1.82, 2.24) is 10.3 Å². The van der Waals surface area contributed by atoms with Gasteiger partial charge in [-0.15, -0.1) is 0 Å². The molecule has 1 heterocycles. The van der Waals surface area contributed by atoms with E-state index in [2.05, 4.69) is 0 Å². The SMILES string of the molecule is NN([O-])N1CCOCC1. The largest absolute Gasteiger partial charge is 0.758 e. The van der Waals surface area contributed by atoms with Crippen molar-refractivity contribution in [1.29, 1.82) is 0 Å². The molecule has 0 spiro atoms. The van der Waals surface area contributed by atoms with Crippen molar-refractivity contribution in [2.75, 3.05) is 26.3 Å². The van der Waals surface area contributed by atoms with Gasteiger partial charge in [0.25, 0.3) is 0 Å². The summed E-state index contributed by atoms with van der Waals surface area (Å²) in [6, 6.07) is 0. The lowest BCUT2D eigenvalue weighted by Crippen LogP contribution is -2.49. The highest BCUT2D eigenvalue weighted by atomic mass is 16.6. The number of hydrogen-bond acceptors (Lipinski definition) is 5. The van der Waals surface area contributed by atoms with E-state index in [1.54, 1.807) is 0 Å². The quantitative estimate of drug-likeness (QED) is 0.362. The Balaban J connectivity index is 2.23. The Bertz CT molecular complexity index is 81.9. The average molecular weight is 132 g/mol. The van der Waals surface area contributed by atoms with Crippen LogP contribution in [0.15, 0.2) is 0 Å². The topological polar surface area (TPSA) is 64.8 Å². The Kier molecular flexibility index (Phi) is 2.38. The molecule has 0 aliphatic carbocycles. The smallest absolute Gasteiger partial charge is 0.0608 e. The van der Waals surface area contributed by atoms with Crippen LogP contribution in [-0.4, -0.2) is 36.6 Å². The van der Waals surface area contributed by atoms with Crippen LogP contribution in [0.5, 0.6) is 0 Å². The van der Waals surface area contributed by atoms with E-state index >= 15 is 0 Å². The number of hydrogen-bond donors (Lipinski definition) is 1. The van der Waals surface area contributed by atoms with Gasteiger partial charge < -0.3 is 9.94 Å². The van der Waals surface area contributed by atoms with Crippen LogP contribution >= 0.6 is 0 Å². The third-order valence-electron chi connectivity index (χ3n) is 1.27. The average Bonchev–Trinajstić information content (AvgIpc) is 1.90. The highest BCUT2D eigenvalue weighted by Gasteiger charge is 2.08. The zero-order valence-corrected chi connectivity index (χ0v) is 5.12. The van der Waals surface area contributed by atoms with E-state index in [-0.39, 0.29) is 0 Å². The van der Waals surface area contributed by atoms with Gasteiger partial charge in [0, 0.05) is 13.1 Å². The Morgan fingerprint density at radius 2 is 2.00 bits per heavy atom. The number of morpholine rings is 1. The summed E-state index contributed by atoms with van der Waals surface area (Å²) in [6.07, 6.45) is 0. The Labute approximate surface area is 53.5 Å². The summed E-state index contributed by atoms with van der Waals surface area (Å²) in [5, 5.41) is 12.2. The molecule has 9 heavy (non-hydrogen) atoms. The van der Waals surface area contributed by atoms with Crippen LogP contribution in [0, 0.1) is 5.21 Å². The molecule has 1 rings (SSSR count). The van der Waals surface area contributed by atoms with Crippen LogP contribution in [-0.2, 0) is 4.74 Å². The van der Waals surface area contributed by atoms with Crippen molar-refractivity contribution >= 4 is 0 Å². The first kappa shape index (κ1) is 6.91. The van der Waals surface area contributed by atoms with Gasteiger partial charge in [-0.1, -0.05) is 0 Å². The zero-order chi connectivity index (χ0) is 6.69. The van der Waals surface area contributed by atoms with Gasteiger partial charge in [0.05, 0.1) is 13.2 Å². The summed E-state index contributed by atoms with van der Waals surface area (Å²) in [7, 11) is 0. The molecule has 0 unspecified atom stereocenters. The molecule has 2 N–H and O–H groups in total. The van der Waals surface area contributed by atoms with E-state index in [4.69, 9.17) is 10.6 Å². The second-order valence-corrected chi connectivity index (χ2v) is 1.87. The highest BCUT2D eigenvalue weighted by molar-refractivity contribution is 4.56. The molecule has 0 aromatic heterocycles. The molecule has 0 atom stereocenters. The molecule has 0 bridgehead atoms. The minimum absolute atomic E-state index is 0.364. The molecule has 0 amide bonds. The monoisotopic (exact) mass is 132 g/mol. The van der Waals surface area contributed by atoms with Crippen molar-refractivity contribution in [3.63, 3.8) is 0 Å². The predicted molar refractivity (Wildman–Crippen MR) is 31.8 cm³/mol. The molecule has 1 fully saturated rings. The van der Waals surface area contributed by atoms with Crippen LogP contribution in [0.25, 0.3) is 0 Å². The lowest BCUT2D eigenvalue weighted by atomic mass is 10.5. The normalized spacial score (nSPS) is 23.0. The third kappa shape index (κ3) is 1.88. The highest BCUT2D eigenvalue weighted by Crippen LogP contribution is 1.95. The first-order valence-corrected chi connectivity index (χ1v) is 2.85. The van der Waals surface area contributed by atoms with E-state index in [1.165, 1.54) is 5.01 Å². The van der Waals surface area contributed by atoms with E-state index in [9.17, 15) is 5.21 Å². The van der Waals surface area contributed by atoms with Crippen molar-refractivity contribution in [2.45, 2.75) is 0 Å². The summed E-state index contributed by atoms with van der Waals surface area (Å²) >= 11 is 0. The summed E-state index contributed by atoms with van der Waals surface area (Å²) in [5.74, 6) is 4.92. The van der Waals surface area contributed by atoms with Crippen molar-refractivity contribution in [3.8, 4) is 0 Å². The van der Waals surface area contributed by atoms with Gasteiger partial charge in [0.2, 0.25) is 0 Å². The summed E-state index contributed by atoms with van der Waals surface area (Å²) in [5.41, 5.74) is 0. The van der Waals surface area contributed by atoms with Gasteiger partial charge in [-0.2, -0.15) is 0 Å². The fourth-order valence-electron chi connectivity index (χ4n) is 0.751. The van der Waals surface area contributed by atoms with Crippen LogP contribution in [0.4, 0.5) is 0 Å². The van der Waals surface area contributed by atoms with E-state index < -0.39 is 0 Å². The maximum atomic E-state index is 10.4. The van der Waals surface area contributed by atoms with Gasteiger partial charge in [-0.05, 0) is 0 Å². The fourth-order valence-corrected chi connectivity index (χ4v) is 0.751. The molecule has 5 heteroatoms. The molecular formula is C4H10N3O2-. The van der Waals surface area contributed by atoms with Gasteiger partial charge in [-0.25, -0.2) is 5.01 Å². The number of nitrogens with two attached hydrogens (primary N) is 1. The first-order valence-electron chi connectivity index (χ1n) is 2.85. The molecule has 1 saturated heterocycles. The van der Waals surface area contributed by atoms with Gasteiger partial charge in [-0.3, -0.25) is 11.1 Å². The van der Waals surface area contributed by atoms with Crippen molar-refractivity contribution in [3.05, 3.63) is 5.21 Å². The maximum Gasteiger partial charge on any atom is 0.0608 e. The standard InChI is InChI=1S/C4H10N3O2/c5-7(8)6-1-3-9-4-2-6/h1-5H2/q-1.